The molecule has 0 spiro atoms. The quantitative estimate of drug-likeness (QED) is 0.0281. The molecule has 53 heavy (non-hydrogen) atoms. The Morgan fingerprint density at radius 2 is 1.17 bits per heavy atom. The predicted octanol–water partition coefficient (Wildman–Crippen LogP) is 8.12. The van der Waals surface area contributed by atoms with Crippen LogP contribution in [0.15, 0.2) is 72.8 Å². The summed E-state index contributed by atoms with van der Waals surface area (Å²) in [5.41, 5.74) is 7.37. The number of ether oxygens (including phenoxy) is 7. The molecule has 0 radical (unpaired) electrons. The standard InChI is InChI=1S/C43H48O10/c1-28-15-31(49-26-47-24-42(5)20-45-21-42)8-7-30(28)19-51-53-34-11-14-37-36-13-10-33(17-38(36)41(3,4)39(37)18-34)52-40(44)35-12-9-32(16-29(35)2)50-27-48-25-43(6)22-46-23-43/h7-18H,19-27H2,1-6H3. The van der Waals surface area contributed by atoms with E-state index in [2.05, 4.69) is 27.7 Å². The summed E-state index contributed by atoms with van der Waals surface area (Å²) in [7, 11) is 0. The van der Waals surface area contributed by atoms with E-state index in [1.807, 2.05) is 74.5 Å². The predicted molar refractivity (Wildman–Crippen MR) is 197 cm³/mol. The summed E-state index contributed by atoms with van der Waals surface area (Å²) in [5, 5.41) is 0. The zero-order valence-corrected chi connectivity index (χ0v) is 31.4. The van der Waals surface area contributed by atoms with E-state index in [4.69, 9.17) is 42.9 Å². The summed E-state index contributed by atoms with van der Waals surface area (Å²) in [5.74, 6) is 2.02. The molecule has 1 aliphatic carbocycles. The molecule has 4 aromatic carbocycles. The summed E-state index contributed by atoms with van der Waals surface area (Å²) in [6.45, 7) is 17.1. The second-order valence-electron chi connectivity index (χ2n) is 15.7. The van der Waals surface area contributed by atoms with Gasteiger partial charge in [-0.15, -0.1) is 0 Å². The van der Waals surface area contributed by atoms with E-state index in [0.717, 1.165) is 57.9 Å². The minimum Gasteiger partial charge on any atom is -0.468 e. The SMILES string of the molecule is Cc1cc(OCOCC2(C)COC2)ccc1COOc1ccc2c(c1)C(C)(C)c1cc(OC(=O)c3ccc(OCOCC4(C)COC4)cc3C)ccc1-2. The third-order valence-corrected chi connectivity index (χ3v) is 10.3. The van der Waals surface area contributed by atoms with Crippen LogP contribution in [-0.4, -0.2) is 59.2 Å². The second kappa shape index (κ2) is 15.1. The first-order chi connectivity index (χ1) is 25.4. The zero-order valence-electron chi connectivity index (χ0n) is 31.4. The number of hydrogen-bond donors (Lipinski definition) is 0. The summed E-state index contributed by atoms with van der Waals surface area (Å²) < 4.78 is 39.3. The first kappa shape index (κ1) is 36.9. The maximum atomic E-state index is 13.3. The highest BCUT2D eigenvalue weighted by Gasteiger charge is 2.37. The first-order valence-corrected chi connectivity index (χ1v) is 18.0. The molecule has 0 aromatic heterocycles. The van der Waals surface area contributed by atoms with Gasteiger partial charge < -0.3 is 38.0 Å². The molecular formula is C43H48O10. The van der Waals surface area contributed by atoms with Crippen LogP contribution in [0, 0.1) is 24.7 Å². The molecule has 0 amide bonds. The van der Waals surface area contributed by atoms with Gasteiger partial charge in [0.15, 0.2) is 19.3 Å². The highest BCUT2D eigenvalue weighted by molar-refractivity contribution is 5.93. The molecule has 0 unspecified atom stereocenters. The average molecular weight is 725 g/mol. The Hall–Kier alpha value is -4.45. The van der Waals surface area contributed by atoms with Crippen molar-refractivity contribution in [3.05, 3.63) is 106 Å². The Bertz CT molecular complexity index is 1960. The van der Waals surface area contributed by atoms with Crippen molar-refractivity contribution >= 4 is 5.97 Å². The smallest absolute Gasteiger partial charge is 0.343 e. The van der Waals surface area contributed by atoms with Gasteiger partial charge in [0.2, 0.25) is 0 Å². The van der Waals surface area contributed by atoms with Crippen LogP contribution in [0.4, 0.5) is 0 Å². The fourth-order valence-corrected chi connectivity index (χ4v) is 6.87. The van der Waals surface area contributed by atoms with Gasteiger partial charge in [-0.2, -0.15) is 4.89 Å². The lowest BCUT2D eigenvalue weighted by molar-refractivity contribution is -0.217. The third-order valence-electron chi connectivity index (χ3n) is 10.3. The Morgan fingerprint density at radius 3 is 1.72 bits per heavy atom. The third kappa shape index (κ3) is 8.22. The number of carbonyl (C=O) groups is 1. The summed E-state index contributed by atoms with van der Waals surface area (Å²) in [6, 6.07) is 22.9. The van der Waals surface area contributed by atoms with Crippen molar-refractivity contribution in [3.8, 4) is 34.1 Å². The van der Waals surface area contributed by atoms with Crippen LogP contribution < -0.4 is 19.1 Å². The molecular weight excluding hydrogens is 676 g/mol. The molecule has 0 atom stereocenters. The Balaban J connectivity index is 0.917. The van der Waals surface area contributed by atoms with Gasteiger partial charge in [-0.3, -0.25) is 0 Å². The fraction of sp³-hybridized carbons (Fsp3) is 0.419. The van der Waals surface area contributed by atoms with E-state index >= 15 is 0 Å². The van der Waals surface area contributed by atoms with Crippen LogP contribution in [0.1, 0.15) is 65.9 Å². The molecule has 280 valence electrons. The molecule has 10 nitrogen and oxygen atoms in total. The molecule has 4 aromatic rings. The van der Waals surface area contributed by atoms with E-state index in [0.29, 0.717) is 49.2 Å². The maximum absolute atomic E-state index is 13.3. The molecule has 2 fully saturated rings. The lowest BCUT2D eigenvalue weighted by atomic mass is 9.82. The highest BCUT2D eigenvalue weighted by Crippen LogP contribution is 2.50. The number of aryl methyl sites for hydroxylation is 2. The van der Waals surface area contributed by atoms with Crippen LogP contribution in [0.5, 0.6) is 23.0 Å². The number of carbonyl (C=O) groups excluding carboxylic acids is 1. The van der Waals surface area contributed by atoms with Gasteiger partial charge in [-0.1, -0.05) is 45.9 Å². The van der Waals surface area contributed by atoms with Gasteiger partial charge in [-0.05, 0) is 107 Å². The van der Waals surface area contributed by atoms with E-state index in [1.165, 1.54) is 0 Å². The van der Waals surface area contributed by atoms with Crippen molar-refractivity contribution in [3.63, 3.8) is 0 Å². The Labute approximate surface area is 311 Å². The number of benzene rings is 4. The first-order valence-electron chi connectivity index (χ1n) is 18.0. The highest BCUT2D eigenvalue weighted by atomic mass is 17.2. The lowest BCUT2D eigenvalue weighted by Crippen LogP contribution is -2.43. The van der Waals surface area contributed by atoms with Gasteiger partial charge in [0.05, 0.1) is 45.2 Å². The minimum absolute atomic E-state index is 0.0564. The average Bonchev–Trinajstić information content (AvgIpc) is 3.33. The van der Waals surface area contributed by atoms with Gasteiger partial charge in [0.25, 0.3) is 0 Å². The Morgan fingerprint density at radius 1 is 0.642 bits per heavy atom. The molecule has 0 N–H and O–H groups in total. The Kier molecular flexibility index (Phi) is 10.5. The van der Waals surface area contributed by atoms with Crippen molar-refractivity contribution in [2.24, 2.45) is 10.8 Å². The second-order valence-corrected chi connectivity index (χ2v) is 15.7. The van der Waals surface area contributed by atoms with Gasteiger partial charge in [0, 0.05) is 16.2 Å². The van der Waals surface area contributed by atoms with E-state index in [1.54, 1.807) is 12.1 Å². The van der Waals surface area contributed by atoms with Crippen LogP contribution >= 0.6 is 0 Å². The monoisotopic (exact) mass is 724 g/mol. The summed E-state index contributed by atoms with van der Waals surface area (Å²) in [6.07, 6.45) is 0. The van der Waals surface area contributed by atoms with E-state index in [-0.39, 0.29) is 36.4 Å². The summed E-state index contributed by atoms with van der Waals surface area (Å²) in [4.78, 5) is 24.8. The molecule has 0 saturated carbocycles. The number of esters is 1. The minimum atomic E-state index is -0.430. The fourth-order valence-electron chi connectivity index (χ4n) is 6.87. The maximum Gasteiger partial charge on any atom is 0.343 e. The molecule has 0 bridgehead atoms. The van der Waals surface area contributed by atoms with Crippen molar-refractivity contribution in [2.75, 3.05) is 53.2 Å². The number of rotatable bonds is 16. The molecule has 2 saturated heterocycles. The number of hydrogen-bond acceptors (Lipinski definition) is 10. The van der Waals surface area contributed by atoms with Crippen LogP contribution in [0.2, 0.25) is 0 Å². The topological polar surface area (TPSA) is 100 Å². The normalized spacial score (nSPS) is 17.2. The largest absolute Gasteiger partial charge is 0.468 e. The van der Waals surface area contributed by atoms with Crippen molar-refractivity contribution in [2.45, 2.75) is 53.6 Å². The van der Waals surface area contributed by atoms with Crippen molar-refractivity contribution in [1.82, 2.24) is 0 Å². The molecule has 2 aliphatic heterocycles. The summed E-state index contributed by atoms with van der Waals surface area (Å²) >= 11 is 0. The molecule has 2 heterocycles. The van der Waals surface area contributed by atoms with Gasteiger partial charge in [-0.25, -0.2) is 4.79 Å². The molecule has 10 heteroatoms. The van der Waals surface area contributed by atoms with Crippen LogP contribution in [-0.2, 0) is 35.9 Å². The van der Waals surface area contributed by atoms with E-state index < -0.39 is 5.97 Å². The van der Waals surface area contributed by atoms with Crippen molar-refractivity contribution in [1.29, 1.82) is 0 Å². The molecule has 3 aliphatic rings. The zero-order chi connectivity index (χ0) is 37.2. The van der Waals surface area contributed by atoms with Crippen LogP contribution in [0.3, 0.4) is 0 Å². The van der Waals surface area contributed by atoms with Gasteiger partial charge >= 0.3 is 5.97 Å². The van der Waals surface area contributed by atoms with Crippen molar-refractivity contribution < 1.29 is 47.7 Å². The molecule has 7 rings (SSSR count). The lowest BCUT2D eigenvalue weighted by Gasteiger charge is -2.37. The number of fused-ring (bicyclic) bond motifs is 3. The van der Waals surface area contributed by atoms with Gasteiger partial charge in [0.1, 0.15) is 23.9 Å². The van der Waals surface area contributed by atoms with E-state index in [9.17, 15) is 4.79 Å². The van der Waals surface area contributed by atoms with Crippen LogP contribution in [0.25, 0.3) is 11.1 Å².